The lowest BCUT2D eigenvalue weighted by atomic mass is 10.0. The van der Waals surface area contributed by atoms with E-state index >= 15 is 0 Å². The highest BCUT2D eigenvalue weighted by molar-refractivity contribution is 6.32. The zero-order chi connectivity index (χ0) is 19.3. The summed E-state index contributed by atoms with van der Waals surface area (Å²) in [4.78, 5) is 10.9. The van der Waals surface area contributed by atoms with Crippen molar-refractivity contribution in [2.24, 2.45) is 0 Å². The monoisotopic (exact) mass is 371 g/mol. The van der Waals surface area contributed by atoms with Gasteiger partial charge in [-0.2, -0.15) is 5.26 Å². The van der Waals surface area contributed by atoms with Gasteiger partial charge in [0.05, 0.1) is 35.4 Å². The zero-order valence-corrected chi connectivity index (χ0v) is 15.4. The maximum atomic E-state index is 10.9. The molecule has 0 saturated heterocycles. The maximum absolute atomic E-state index is 10.9. The first-order valence-electron chi connectivity index (χ1n) is 7.85. The van der Waals surface area contributed by atoms with E-state index in [4.69, 9.17) is 26.2 Å². The van der Waals surface area contributed by atoms with Gasteiger partial charge >= 0.3 is 5.97 Å². The van der Waals surface area contributed by atoms with E-state index in [1.54, 1.807) is 30.3 Å². The largest absolute Gasteiger partial charge is 0.493 e. The van der Waals surface area contributed by atoms with Crippen LogP contribution < -0.4 is 9.47 Å². The number of aromatic carboxylic acids is 1. The molecule has 5 nitrogen and oxygen atoms in total. The van der Waals surface area contributed by atoms with Crippen molar-refractivity contribution in [2.75, 3.05) is 7.11 Å². The van der Waals surface area contributed by atoms with Crippen LogP contribution in [-0.2, 0) is 0 Å². The molecule has 26 heavy (non-hydrogen) atoms. The minimum Gasteiger partial charge on any atom is -0.493 e. The van der Waals surface area contributed by atoms with E-state index in [2.05, 4.69) is 6.07 Å². The molecule has 0 heterocycles. The summed E-state index contributed by atoms with van der Waals surface area (Å²) in [5.74, 6) is -0.0992. The van der Waals surface area contributed by atoms with Crippen molar-refractivity contribution in [1.29, 1.82) is 5.26 Å². The molecule has 0 aromatic heterocycles. The van der Waals surface area contributed by atoms with Crippen LogP contribution in [0.4, 0.5) is 0 Å². The Morgan fingerprint density at radius 1 is 1.23 bits per heavy atom. The van der Waals surface area contributed by atoms with Crippen LogP contribution in [0.25, 0.3) is 11.6 Å². The molecular weight excluding hydrogens is 354 g/mol. The molecule has 0 amide bonds. The fourth-order valence-corrected chi connectivity index (χ4v) is 2.58. The predicted octanol–water partition coefficient (Wildman–Crippen LogP) is 4.90. The highest BCUT2D eigenvalue weighted by atomic mass is 35.5. The molecule has 0 unspecified atom stereocenters. The van der Waals surface area contributed by atoms with Crippen molar-refractivity contribution in [3.8, 4) is 17.6 Å². The molecule has 1 N–H and O–H groups in total. The Balaban J connectivity index is 2.44. The van der Waals surface area contributed by atoms with Crippen LogP contribution in [-0.4, -0.2) is 24.3 Å². The van der Waals surface area contributed by atoms with Crippen molar-refractivity contribution in [3.05, 3.63) is 58.1 Å². The molecule has 134 valence electrons. The SMILES string of the molecule is COc1cc(/C=C(/C#N)c2ccc(C(=O)O)cc2)cc(Cl)c1OC(C)C. The quantitative estimate of drug-likeness (QED) is 0.577. The lowest BCUT2D eigenvalue weighted by Crippen LogP contribution is -2.07. The Labute approximate surface area is 157 Å². The second-order valence-electron chi connectivity index (χ2n) is 5.75. The highest BCUT2D eigenvalue weighted by Crippen LogP contribution is 2.38. The number of allylic oxidation sites excluding steroid dienone is 1. The average Bonchev–Trinajstić information content (AvgIpc) is 2.61. The van der Waals surface area contributed by atoms with Crippen molar-refractivity contribution < 1.29 is 19.4 Å². The standard InChI is InChI=1S/C20H18ClNO4/c1-12(2)26-19-17(21)9-13(10-18(19)25-3)8-16(11-22)14-4-6-15(7-5-14)20(23)24/h4-10,12H,1-3H3,(H,23,24)/b16-8-. The topological polar surface area (TPSA) is 79.5 Å². The summed E-state index contributed by atoms with van der Waals surface area (Å²) < 4.78 is 11.0. The minimum atomic E-state index is -1.02. The number of nitriles is 1. The molecule has 0 spiro atoms. The van der Waals surface area contributed by atoms with E-state index in [-0.39, 0.29) is 11.7 Å². The number of halogens is 1. The number of hydrogen-bond donors (Lipinski definition) is 1. The Kier molecular flexibility index (Phi) is 6.26. The summed E-state index contributed by atoms with van der Waals surface area (Å²) in [5, 5.41) is 18.8. The highest BCUT2D eigenvalue weighted by Gasteiger charge is 2.13. The molecule has 0 aliphatic carbocycles. The maximum Gasteiger partial charge on any atom is 0.335 e. The summed E-state index contributed by atoms with van der Waals surface area (Å²) in [7, 11) is 1.52. The Hall–Kier alpha value is -2.97. The van der Waals surface area contributed by atoms with E-state index in [0.717, 1.165) is 0 Å². The molecule has 2 aromatic rings. The smallest absolute Gasteiger partial charge is 0.335 e. The van der Waals surface area contributed by atoms with Crippen LogP contribution in [0.5, 0.6) is 11.5 Å². The van der Waals surface area contributed by atoms with Gasteiger partial charge in [0.1, 0.15) is 0 Å². The molecule has 2 aromatic carbocycles. The van der Waals surface area contributed by atoms with Crippen LogP contribution in [0.15, 0.2) is 36.4 Å². The summed E-state index contributed by atoms with van der Waals surface area (Å²) in [6.45, 7) is 3.77. The van der Waals surface area contributed by atoms with E-state index in [1.165, 1.54) is 19.2 Å². The third-order valence-corrected chi connectivity index (χ3v) is 3.76. The van der Waals surface area contributed by atoms with E-state index in [0.29, 0.717) is 33.2 Å². The first-order valence-corrected chi connectivity index (χ1v) is 8.23. The second-order valence-corrected chi connectivity index (χ2v) is 6.16. The van der Waals surface area contributed by atoms with Crippen LogP contribution in [0.3, 0.4) is 0 Å². The van der Waals surface area contributed by atoms with Crippen LogP contribution in [0.2, 0.25) is 5.02 Å². The molecule has 2 rings (SSSR count). The Morgan fingerprint density at radius 2 is 1.85 bits per heavy atom. The molecule has 0 radical (unpaired) electrons. The van der Waals surface area contributed by atoms with E-state index in [1.807, 2.05) is 13.8 Å². The third-order valence-electron chi connectivity index (χ3n) is 3.48. The van der Waals surface area contributed by atoms with Gasteiger partial charge in [0, 0.05) is 0 Å². The molecule has 0 saturated carbocycles. The van der Waals surface area contributed by atoms with Gasteiger partial charge in [-0.1, -0.05) is 23.7 Å². The first-order chi connectivity index (χ1) is 12.3. The van der Waals surface area contributed by atoms with E-state index < -0.39 is 5.97 Å². The van der Waals surface area contributed by atoms with Gasteiger partial charge in [0.2, 0.25) is 0 Å². The molecular formula is C20H18ClNO4. The summed E-state index contributed by atoms with van der Waals surface area (Å²) in [6, 6.07) is 11.6. The lowest BCUT2D eigenvalue weighted by Gasteiger charge is -2.15. The Morgan fingerprint density at radius 3 is 2.35 bits per heavy atom. The van der Waals surface area contributed by atoms with Gasteiger partial charge in [-0.25, -0.2) is 4.79 Å². The number of ether oxygens (including phenoxy) is 2. The van der Waals surface area contributed by atoms with Gasteiger partial charge in [-0.05, 0) is 55.3 Å². The number of rotatable bonds is 6. The molecule has 6 heteroatoms. The van der Waals surface area contributed by atoms with Gasteiger partial charge < -0.3 is 14.6 Å². The number of nitrogens with zero attached hydrogens (tertiary/aromatic N) is 1. The summed E-state index contributed by atoms with van der Waals surface area (Å²) in [5.41, 5.74) is 1.81. The fraction of sp³-hybridized carbons (Fsp3) is 0.200. The van der Waals surface area contributed by atoms with Gasteiger partial charge in [-0.3, -0.25) is 0 Å². The molecule has 0 bridgehead atoms. The van der Waals surface area contributed by atoms with E-state index in [9.17, 15) is 10.1 Å². The van der Waals surface area contributed by atoms with Gasteiger partial charge in [-0.15, -0.1) is 0 Å². The predicted molar refractivity (Wildman–Crippen MR) is 101 cm³/mol. The number of carbonyl (C=O) groups is 1. The van der Waals surface area contributed by atoms with Crippen LogP contribution in [0, 0.1) is 11.3 Å². The molecule has 0 aliphatic rings. The van der Waals surface area contributed by atoms with Crippen molar-refractivity contribution in [1.82, 2.24) is 0 Å². The number of benzene rings is 2. The molecule has 0 aliphatic heterocycles. The average molecular weight is 372 g/mol. The minimum absolute atomic E-state index is 0.0646. The number of methoxy groups -OCH3 is 1. The number of carboxylic acid groups (broad SMARTS) is 1. The third kappa shape index (κ3) is 4.56. The van der Waals surface area contributed by atoms with Crippen LogP contribution in [0.1, 0.15) is 35.3 Å². The Bertz CT molecular complexity index is 880. The second kappa shape index (κ2) is 8.41. The van der Waals surface area contributed by atoms with Crippen LogP contribution >= 0.6 is 11.6 Å². The van der Waals surface area contributed by atoms with Gasteiger partial charge in [0.15, 0.2) is 11.5 Å². The lowest BCUT2D eigenvalue weighted by molar-refractivity contribution is 0.0697. The molecule has 0 fully saturated rings. The number of carboxylic acids is 1. The van der Waals surface area contributed by atoms with Crippen molar-refractivity contribution >= 4 is 29.2 Å². The number of hydrogen-bond acceptors (Lipinski definition) is 4. The summed E-state index contributed by atoms with van der Waals surface area (Å²) in [6.07, 6.45) is 1.59. The first kappa shape index (κ1) is 19.4. The van der Waals surface area contributed by atoms with Gasteiger partial charge in [0.25, 0.3) is 0 Å². The zero-order valence-electron chi connectivity index (χ0n) is 14.6. The van der Waals surface area contributed by atoms with Crippen molar-refractivity contribution in [3.63, 3.8) is 0 Å². The normalized spacial score (nSPS) is 11.2. The molecule has 0 atom stereocenters. The fourth-order valence-electron chi connectivity index (χ4n) is 2.31. The van der Waals surface area contributed by atoms with Crippen molar-refractivity contribution in [2.45, 2.75) is 20.0 Å². The summed E-state index contributed by atoms with van der Waals surface area (Å²) >= 11 is 6.30.